The number of nitrogens with zero attached hydrogens (tertiary/aromatic N) is 2. The average molecular weight is 394 g/mol. The van der Waals surface area contributed by atoms with Crippen molar-refractivity contribution in [1.29, 1.82) is 0 Å². The summed E-state index contributed by atoms with van der Waals surface area (Å²) >= 11 is 1.16. The van der Waals surface area contributed by atoms with Gasteiger partial charge in [0.1, 0.15) is 17.3 Å². The molecule has 0 spiro atoms. The van der Waals surface area contributed by atoms with Crippen molar-refractivity contribution in [2.24, 2.45) is 0 Å². The summed E-state index contributed by atoms with van der Waals surface area (Å²) in [5, 5.41) is 6.86. The lowest BCUT2D eigenvalue weighted by Crippen LogP contribution is -2.24. The number of hydrogen-bond donors (Lipinski definition) is 1. The standard InChI is InChI=1S/C20H14FN3O3S/c1-27-14-8-6-13(7-9-14)24-20(26)16-15(10-28-19(16)22)17(23-24)18(25)11-2-4-12(21)5-3-11/h2-10H,22H2,1H3/i21-1. The fourth-order valence-electron chi connectivity index (χ4n) is 2.88. The Morgan fingerprint density at radius 2 is 1.82 bits per heavy atom. The lowest BCUT2D eigenvalue weighted by molar-refractivity contribution is 0.103. The third-order valence-electron chi connectivity index (χ3n) is 4.32. The molecule has 0 unspecified atom stereocenters. The van der Waals surface area contributed by atoms with Gasteiger partial charge in [-0.15, -0.1) is 11.3 Å². The molecule has 0 amide bonds. The Labute approximate surface area is 162 Å². The molecule has 6 nitrogen and oxygen atoms in total. The van der Waals surface area contributed by atoms with Crippen molar-refractivity contribution in [2.75, 3.05) is 12.8 Å². The van der Waals surface area contributed by atoms with Crippen LogP contribution in [0, 0.1) is 5.82 Å². The molecule has 2 heterocycles. The number of benzene rings is 2. The number of methoxy groups -OCH3 is 1. The first-order valence-electron chi connectivity index (χ1n) is 8.24. The van der Waals surface area contributed by atoms with Crippen LogP contribution >= 0.6 is 11.3 Å². The van der Waals surface area contributed by atoms with Gasteiger partial charge < -0.3 is 10.5 Å². The quantitative estimate of drug-likeness (QED) is 0.536. The van der Waals surface area contributed by atoms with E-state index in [1.807, 2.05) is 0 Å². The van der Waals surface area contributed by atoms with E-state index in [-0.39, 0.29) is 16.6 Å². The number of carbonyl (C=O) groups excluding carboxylic acids is 1. The molecule has 0 radical (unpaired) electrons. The molecule has 28 heavy (non-hydrogen) atoms. The summed E-state index contributed by atoms with van der Waals surface area (Å²) in [6, 6.07) is 11.9. The summed E-state index contributed by atoms with van der Waals surface area (Å²) in [5.74, 6) is -0.252. The van der Waals surface area contributed by atoms with E-state index >= 15 is 0 Å². The van der Waals surface area contributed by atoms with Crippen LogP contribution in [0.4, 0.5) is 9.39 Å². The SMILES string of the molecule is COc1ccc(-n2nc(C(=O)c3ccc([18F])cc3)c3csc(N)c3c2=O)cc1. The predicted molar refractivity (Wildman–Crippen MR) is 106 cm³/mol. The van der Waals surface area contributed by atoms with Gasteiger partial charge in [0.2, 0.25) is 5.78 Å². The fourth-order valence-corrected chi connectivity index (χ4v) is 3.67. The van der Waals surface area contributed by atoms with Crippen molar-refractivity contribution >= 4 is 32.9 Å². The maximum Gasteiger partial charge on any atom is 0.282 e. The number of carbonyl (C=O) groups is 1. The molecule has 2 N–H and O–H groups in total. The minimum atomic E-state index is -0.447. The van der Waals surface area contributed by atoms with Crippen LogP contribution in [0.3, 0.4) is 0 Å². The van der Waals surface area contributed by atoms with Crippen LogP contribution in [0.25, 0.3) is 16.5 Å². The van der Waals surface area contributed by atoms with Crippen LogP contribution < -0.4 is 16.0 Å². The van der Waals surface area contributed by atoms with E-state index in [1.54, 1.807) is 29.6 Å². The second-order valence-electron chi connectivity index (χ2n) is 5.99. The molecule has 0 atom stereocenters. The Morgan fingerprint density at radius 3 is 2.46 bits per heavy atom. The van der Waals surface area contributed by atoms with Gasteiger partial charge in [0.15, 0.2) is 0 Å². The molecule has 0 saturated carbocycles. The Balaban J connectivity index is 1.95. The number of nitrogen functional groups attached to an aromatic ring is 1. The van der Waals surface area contributed by atoms with E-state index in [4.69, 9.17) is 10.5 Å². The van der Waals surface area contributed by atoms with Gasteiger partial charge in [0, 0.05) is 16.3 Å². The van der Waals surface area contributed by atoms with Gasteiger partial charge in [-0.2, -0.15) is 9.78 Å². The molecule has 0 fully saturated rings. The molecule has 4 rings (SSSR count). The molecule has 0 aliphatic heterocycles. The summed E-state index contributed by atoms with van der Waals surface area (Å²) in [7, 11) is 1.54. The number of fused-ring (bicyclic) bond motifs is 1. The number of aromatic nitrogens is 2. The van der Waals surface area contributed by atoms with Crippen molar-refractivity contribution in [3.63, 3.8) is 0 Å². The van der Waals surface area contributed by atoms with Gasteiger partial charge >= 0.3 is 0 Å². The van der Waals surface area contributed by atoms with Gasteiger partial charge in [0.05, 0.1) is 23.2 Å². The predicted octanol–water partition coefficient (Wildman–Crippen LogP) is 3.41. The van der Waals surface area contributed by atoms with E-state index in [9.17, 15) is 14.0 Å². The normalized spacial score (nSPS) is 10.9. The molecular formula is C20H14FN3O3S. The highest BCUT2D eigenvalue weighted by molar-refractivity contribution is 7.15. The largest absolute Gasteiger partial charge is 0.497 e. The van der Waals surface area contributed by atoms with Crippen LogP contribution in [0.15, 0.2) is 58.7 Å². The fraction of sp³-hybridized carbons (Fsp3) is 0.0500. The van der Waals surface area contributed by atoms with Gasteiger partial charge in [-0.3, -0.25) is 9.59 Å². The minimum Gasteiger partial charge on any atom is -0.497 e. The van der Waals surface area contributed by atoms with Gasteiger partial charge in [-0.1, -0.05) is 0 Å². The van der Waals surface area contributed by atoms with Crippen LogP contribution in [0.2, 0.25) is 0 Å². The van der Waals surface area contributed by atoms with Gasteiger partial charge in [-0.05, 0) is 48.5 Å². The highest BCUT2D eigenvalue weighted by atomic mass is 32.1. The Hall–Kier alpha value is -3.52. The first-order chi connectivity index (χ1) is 13.5. The molecule has 140 valence electrons. The molecule has 2 aromatic carbocycles. The maximum absolute atomic E-state index is 13.2. The van der Waals surface area contributed by atoms with E-state index in [2.05, 4.69) is 5.10 Å². The molecule has 0 aliphatic rings. The van der Waals surface area contributed by atoms with Crippen LogP contribution in [0.5, 0.6) is 5.75 Å². The van der Waals surface area contributed by atoms with Gasteiger partial charge in [-0.25, -0.2) is 4.39 Å². The van der Waals surface area contributed by atoms with Crippen LogP contribution in [-0.4, -0.2) is 22.7 Å². The lowest BCUT2D eigenvalue weighted by Gasteiger charge is -2.10. The van der Waals surface area contributed by atoms with E-state index in [0.29, 0.717) is 21.8 Å². The minimum absolute atomic E-state index is 0.0741. The molecule has 8 heteroatoms. The highest BCUT2D eigenvalue weighted by Gasteiger charge is 2.21. The number of anilines is 1. The smallest absolute Gasteiger partial charge is 0.282 e. The lowest BCUT2D eigenvalue weighted by atomic mass is 10.1. The van der Waals surface area contributed by atoms with Crippen LogP contribution in [-0.2, 0) is 0 Å². The van der Waals surface area contributed by atoms with Crippen molar-refractivity contribution in [2.45, 2.75) is 0 Å². The summed E-state index contributed by atoms with van der Waals surface area (Å²) in [6.07, 6.45) is 0. The number of ether oxygens (including phenoxy) is 1. The van der Waals surface area contributed by atoms with E-state index in [0.717, 1.165) is 16.0 Å². The zero-order valence-corrected chi connectivity index (χ0v) is 15.5. The van der Waals surface area contributed by atoms with Crippen LogP contribution in [0.1, 0.15) is 16.1 Å². The van der Waals surface area contributed by atoms with Crippen molar-refractivity contribution < 1.29 is 13.9 Å². The van der Waals surface area contributed by atoms with Crippen molar-refractivity contribution in [3.8, 4) is 11.4 Å². The summed E-state index contributed by atoms with van der Waals surface area (Å²) in [4.78, 5) is 26.0. The van der Waals surface area contributed by atoms with Gasteiger partial charge in [0.25, 0.3) is 5.56 Å². The molecule has 4 aromatic rings. The van der Waals surface area contributed by atoms with E-state index < -0.39 is 17.2 Å². The highest BCUT2D eigenvalue weighted by Crippen LogP contribution is 2.28. The Bertz CT molecular complexity index is 1240. The van der Waals surface area contributed by atoms with Crippen molar-refractivity contribution in [3.05, 3.63) is 81.3 Å². The monoisotopic (exact) mass is 394 g/mol. The molecule has 2 aromatic heterocycles. The molecule has 0 aliphatic carbocycles. The first-order valence-corrected chi connectivity index (χ1v) is 9.12. The second kappa shape index (κ2) is 6.90. The van der Waals surface area contributed by atoms with E-state index in [1.165, 1.54) is 31.4 Å². The third kappa shape index (κ3) is 2.93. The second-order valence-corrected chi connectivity index (χ2v) is 6.90. The Kier molecular flexibility index (Phi) is 4.40. The number of thiophene rings is 1. The third-order valence-corrected chi connectivity index (χ3v) is 5.13. The number of halogens is 1. The summed E-state index contributed by atoms with van der Waals surface area (Å²) in [5.41, 5.74) is 6.37. The zero-order valence-electron chi connectivity index (χ0n) is 14.7. The number of ketones is 1. The first kappa shape index (κ1) is 17.9. The molecule has 0 saturated heterocycles. The average Bonchev–Trinajstić information content (AvgIpc) is 3.11. The number of rotatable bonds is 4. The molecule has 0 bridgehead atoms. The summed E-state index contributed by atoms with van der Waals surface area (Å²) < 4.78 is 19.5. The zero-order chi connectivity index (χ0) is 19.8. The Morgan fingerprint density at radius 1 is 1.14 bits per heavy atom. The maximum atomic E-state index is 13.2. The molecular weight excluding hydrogens is 380 g/mol. The summed E-state index contributed by atoms with van der Waals surface area (Å²) in [6.45, 7) is 0. The number of nitrogens with two attached hydrogens (primary N) is 1. The number of hydrogen-bond acceptors (Lipinski definition) is 6. The van der Waals surface area contributed by atoms with Crippen molar-refractivity contribution in [1.82, 2.24) is 9.78 Å². The topological polar surface area (TPSA) is 87.2 Å².